The maximum absolute atomic E-state index is 12.3. The van der Waals surface area contributed by atoms with E-state index in [1.54, 1.807) is 13.8 Å². The Hall–Kier alpha value is -1.58. The molecule has 2 fully saturated rings. The lowest BCUT2D eigenvalue weighted by atomic mass is 9.96. The molecule has 0 aliphatic carbocycles. The quantitative estimate of drug-likeness (QED) is 0.647. The summed E-state index contributed by atoms with van der Waals surface area (Å²) in [7, 11) is 0. The number of nitrogens with zero attached hydrogens (tertiary/aromatic N) is 1. The van der Waals surface area contributed by atoms with Gasteiger partial charge >= 0.3 is 5.97 Å². The van der Waals surface area contributed by atoms with Crippen molar-refractivity contribution >= 4 is 40.9 Å². The number of carbonyl (C=O) groups is 3. The first-order valence-electron chi connectivity index (χ1n) is 7.53. The predicted octanol–water partition coefficient (Wildman–Crippen LogP) is 0.381. The lowest BCUT2D eigenvalue weighted by Crippen LogP contribution is -2.70. The Morgan fingerprint density at radius 3 is 2.79 bits per heavy atom. The summed E-state index contributed by atoms with van der Waals surface area (Å²) in [6, 6.07) is 0.359. The van der Waals surface area contributed by atoms with Gasteiger partial charge in [0.1, 0.15) is 17.5 Å². The van der Waals surface area contributed by atoms with Crippen LogP contribution in [0.5, 0.6) is 0 Å². The van der Waals surface area contributed by atoms with Gasteiger partial charge in [-0.2, -0.15) is 0 Å². The molecule has 9 heteroatoms. The van der Waals surface area contributed by atoms with Crippen LogP contribution in [0.2, 0.25) is 0 Å². The highest BCUT2D eigenvalue weighted by Crippen LogP contribution is 2.50. The van der Waals surface area contributed by atoms with Gasteiger partial charge in [-0.25, -0.2) is 4.79 Å². The number of aliphatic carboxylic acids is 1. The average molecular weight is 369 g/mol. The molecule has 0 unspecified atom stereocenters. The molecule has 0 radical (unpaired) electrons. The Kier molecular flexibility index (Phi) is 4.35. The molecule has 2 saturated heterocycles. The minimum atomic E-state index is -1.01. The number of carboxylic acid groups (broad SMARTS) is 1. The summed E-state index contributed by atoms with van der Waals surface area (Å²) in [4.78, 5) is 38.3. The van der Waals surface area contributed by atoms with Crippen molar-refractivity contribution in [1.82, 2.24) is 10.2 Å². The number of hydrogen-bond donors (Lipinski definition) is 3. The smallest absolute Gasteiger partial charge is 0.327 e. The topological polar surface area (TPSA) is 113 Å². The second-order valence-corrected chi connectivity index (χ2v) is 9.16. The van der Waals surface area contributed by atoms with Crippen molar-refractivity contribution in [2.24, 2.45) is 5.73 Å². The van der Waals surface area contributed by atoms with Gasteiger partial charge in [0.15, 0.2) is 0 Å². The third-order valence-corrected chi connectivity index (χ3v) is 6.90. The third kappa shape index (κ3) is 2.70. The Bertz CT molecular complexity index is 703. The van der Waals surface area contributed by atoms with Crippen LogP contribution in [0.3, 0.4) is 0 Å². The Morgan fingerprint density at radius 1 is 1.46 bits per heavy atom. The van der Waals surface area contributed by atoms with Crippen LogP contribution in [-0.2, 0) is 27.3 Å². The van der Waals surface area contributed by atoms with Crippen LogP contribution >= 0.6 is 23.1 Å². The fourth-order valence-electron chi connectivity index (χ4n) is 3.22. The summed E-state index contributed by atoms with van der Waals surface area (Å²) in [6.07, 6.45) is 0.178. The highest BCUT2D eigenvalue weighted by Gasteiger charge is 2.64. The molecule has 1 aromatic rings. The first kappa shape index (κ1) is 17.2. The minimum Gasteiger partial charge on any atom is -0.480 e. The lowest BCUT2D eigenvalue weighted by molar-refractivity contribution is -0.161. The normalized spacial score (nSPS) is 27.5. The van der Waals surface area contributed by atoms with Crippen molar-refractivity contribution in [3.8, 4) is 0 Å². The largest absolute Gasteiger partial charge is 0.480 e. The highest BCUT2D eigenvalue weighted by atomic mass is 32.2. The predicted molar refractivity (Wildman–Crippen MR) is 91.6 cm³/mol. The Morgan fingerprint density at radius 2 is 2.17 bits per heavy atom. The molecule has 2 aliphatic rings. The van der Waals surface area contributed by atoms with E-state index in [4.69, 9.17) is 5.73 Å². The summed E-state index contributed by atoms with van der Waals surface area (Å²) < 4.78 is -0.591. The molecule has 2 amide bonds. The molecule has 3 atom stereocenters. The fourth-order valence-corrected chi connectivity index (χ4v) is 5.76. The standard InChI is InChI=1S/C15H19N3O4S2/c1-15(2)11(14(21)22)18-12(20)10(13(18)24-15)17-9(19)5-8-7(6-16)3-4-23-8/h3-4,10-11,13H,5-6,16H2,1-2H3,(H,17,19)(H,21,22)/t10-,11+,13-/m1/s1. The van der Waals surface area contributed by atoms with Gasteiger partial charge in [-0.3, -0.25) is 9.59 Å². The second kappa shape index (κ2) is 6.05. The Balaban J connectivity index is 1.67. The molecular weight excluding hydrogens is 350 g/mol. The Labute approximate surface area is 147 Å². The van der Waals surface area contributed by atoms with Crippen LogP contribution in [0.1, 0.15) is 24.3 Å². The van der Waals surface area contributed by atoms with Crippen LogP contribution in [0.25, 0.3) is 0 Å². The molecule has 3 rings (SSSR count). The first-order chi connectivity index (χ1) is 11.3. The minimum absolute atomic E-state index is 0.178. The molecular formula is C15H19N3O4S2. The maximum atomic E-state index is 12.3. The van der Waals surface area contributed by atoms with Crippen LogP contribution in [-0.4, -0.2) is 50.0 Å². The van der Waals surface area contributed by atoms with Gasteiger partial charge in [0, 0.05) is 16.2 Å². The number of amides is 2. The van der Waals surface area contributed by atoms with Crippen LogP contribution in [0.15, 0.2) is 11.4 Å². The third-order valence-electron chi connectivity index (χ3n) is 4.37. The molecule has 0 spiro atoms. The summed E-state index contributed by atoms with van der Waals surface area (Å²) in [5.41, 5.74) is 6.56. The zero-order valence-corrected chi connectivity index (χ0v) is 14.9. The summed E-state index contributed by atoms with van der Waals surface area (Å²) in [5.74, 6) is -1.59. The second-order valence-electron chi connectivity index (χ2n) is 6.39. The molecule has 0 bridgehead atoms. The monoisotopic (exact) mass is 369 g/mol. The van der Waals surface area contributed by atoms with E-state index in [2.05, 4.69) is 5.32 Å². The SMILES string of the molecule is CC1(C)S[C@@H]2[C@H](NC(=O)Cc3sccc3CN)C(=O)N2[C@H]1C(=O)O. The molecule has 130 valence electrons. The van der Waals surface area contributed by atoms with Gasteiger partial charge in [-0.05, 0) is 30.9 Å². The summed E-state index contributed by atoms with van der Waals surface area (Å²) in [5, 5.41) is 13.7. The van der Waals surface area contributed by atoms with Crippen LogP contribution in [0, 0.1) is 0 Å². The van der Waals surface area contributed by atoms with Crippen molar-refractivity contribution in [2.75, 3.05) is 0 Å². The van der Waals surface area contributed by atoms with E-state index in [1.807, 2.05) is 11.4 Å². The number of carboxylic acids is 1. The molecule has 7 nitrogen and oxygen atoms in total. The van der Waals surface area contributed by atoms with E-state index >= 15 is 0 Å². The van der Waals surface area contributed by atoms with E-state index in [9.17, 15) is 19.5 Å². The number of nitrogens with two attached hydrogens (primary N) is 1. The van der Waals surface area contributed by atoms with E-state index < -0.39 is 22.8 Å². The zero-order valence-electron chi connectivity index (χ0n) is 13.3. The van der Waals surface area contributed by atoms with Crippen molar-refractivity contribution in [3.63, 3.8) is 0 Å². The first-order valence-corrected chi connectivity index (χ1v) is 9.29. The molecule has 1 aromatic heterocycles. The fraction of sp³-hybridized carbons (Fsp3) is 0.533. The number of thiophene rings is 1. The van der Waals surface area contributed by atoms with E-state index in [0.29, 0.717) is 6.54 Å². The van der Waals surface area contributed by atoms with Crippen molar-refractivity contribution < 1.29 is 19.5 Å². The van der Waals surface area contributed by atoms with Crippen molar-refractivity contribution in [2.45, 2.75) is 49.0 Å². The van der Waals surface area contributed by atoms with Gasteiger partial charge in [0.05, 0.1) is 6.42 Å². The summed E-state index contributed by atoms with van der Waals surface area (Å²) >= 11 is 2.88. The van der Waals surface area contributed by atoms with Crippen molar-refractivity contribution in [3.05, 3.63) is 21.9 Å². The number of hydrogen-bond acceptors (Lipinski definition) is 6. The van der Waals surface area contributed by atoms with E-state index in [0.717, 1.165) is 10.4 Å². The number of carbonyl (C=O) groups excluding carboxylic acids is 2. The van der Waals surface area contributed by atoms with Gasteiger partial charge in [0.2, 0.25) is 11.8 Å². The lowest BCUT2D eigenvalue weighted by Gasteiger charge is -2.43. The molecule has 0 aromatic carbocycles. The van der Waals surface area contributed by atoms with E-state index in [-0.39, 0.29) is 23.6 Å². The molecule has 4 N–H and O–H groups in total. The van der Waals surface area contributed by atoms with Crippen LogP contribution < -0.4 is 11.1 Å². The highest BCUT2D eigenvalue weighted by molar-refractivity contribution is 8.01. The molecule has 24 heavy (non-hydrogen) atoms. The van der Waals surface area contributed by atoms with Gasteiger partial charge in [-0.1, -0.05) is 0 Å². The number of rotatable bonds is 5. The van der Waals surface area contributed by atoms with Crippen LogP contribution in [0.4, 0.5) is 0 Å². The number of fused-ring (bicyclic) bond motifs is 1. The van der Waals surface area contributed by atoms with E-state index in [1.165, 1.54) is 28.0 Å². The van der Waals surface area contributed by atoms with Gasteiger partial charge in [0.25, 0.3) is 0 Å². The number of thioether (sulfide) groups is 1. The molecule has 0 saturated carbocycles. The van der Waals surface area contributed by atoms with Gasteiger partial charge < -0.3 is 21.1 Å². The maximum Gasteiger partial charge on any atom is 0.327 e. The average Bonchev–Trinajstić information content (AvgIpc) is 3.04. The molecule has 2 aliphatic heterocycles. The number of nitrogens with one attached hydrogen (secondary N) is 1. The zero-order chi connectivity index (χ0) is 17.6. The number of β-lactam (4-membered cyclic amide) rings is 1. The molecule has 3 heterocycles. The van der Waals surface area contributed by atoms with Crippen molar-refractivity contribution in [1.29, 1.82) is 0 Å². The summed E-state index contributed by atoms with van der Waals surface area (Å²) in [6.45, 7) is 3.98. The van der Waals surface area contributed by atoms with Gasteiger partial charge in [-0.15, -0.1) is 23.1 Å².